The van der Waals surface area contributed by atoms with Crippen molar-refractivity contribution in [1.82, 2.24) is 20.4 Å². The summed E-state index contributed by atoms with van der Waals surface area (Å²) >= 11 is 0. The highest BCUT2D eigenvalue weighted by Gasteiger charge is 2.28. The molecule has 1 aliphatic rings. The van der Waals surface area contributed by atoms with Gasteiger partial charge >= 0.3 is 0 Å². The summed E-state index contributed by atoms with van der Waals surface area (Å²) in [4.78, 5) is 8.25. The van der Waals surface area contributed by atoms with Crippen molar-refractivity contribution in [3.05, 3.63) is 30.4 Å². The van der Waals surface area contributed by atoms with Gasteiger partial charge in [-0.1, -0.05) is 5.16 Å². The summed E-state index contributed by atoms with van der Waals surface area (Å²) in [6, 6.07) is 3.60. The molecule has 1 saturated heterocycles. The van der Waals surface area contributed by atoms with Gasteiger partial charge in [-0.3, -0.25) is 4.98 Å². The maximum Gasteiger partial charge on any atom is 0.244 e. The van der Waals surface area contributed by atoms with Crippen molar-refractivity contribution >= 4 is 0 Å². The molecule has 0 aliphatic carbocycles. The number of aromatic nitrogens is 3. The first-order valence-corrected chi connectivity index (χ1v) is 5.48. The molecule has 1 fully saturated rings. The van der Waals surface area contributed by atoms with Crippen molar-refractivity contribution in [2.45, 2.75) is 18.6 Å². The predicted octanol–water partition coefficient (Wildman–Crippen LogP) is 0.527. The van der Waals surface area contributed by atoms with E-state index in [1.54, 1.807) is 12.4 Å². The van der Waals surface area contributed by atoms with Crippen LogP contribution in [0.3, 0.4) is 0 Å². The highest BCUT2D eigenvalue weighted by Crippen LogP contribution is 2.24. The lowest BCUT2D eigenvalue weighted by Gasteiger charge is -2.01. The summed E-state index contributed by atoms with van der Waals surface area (Å²) in [6.07, 6.45) is 3.64. The van der Waals surface area contributed by atoms with Gasteiger partial charge in [0.25, 0.3) is 0 Å². The normalized spacial score (nSPS) is 24.1. The molecule has 6 nitrogen and oxygen atoms in total. The van der Waals surface area contributed by atoms with E-state index >= 15 is 0 Å². The molecule has 0 amide bonds. The zero-order valence-corrected chi connectivity index (χ0v) is 9.08. The van der Waals surface area contributed by atoms with E-state index in [-0.39, 0.29) is 12.1 Å². The van der Waals surface area contributed by atoms with Crippen molar-refractivity contribution in [2.75, 3.05) is 6.54 Å². The molecule has 1 unspecified atom stereocenters. The Morgan fingerprint density at radius 3 is 2.88 bits per heavy atom. The largest absolute Gasteiger partial charge is 0.392 e. The van der Waals surface area contributed by atoms with Crippen molar-refractivity contribution in [3.8, 4) is 11.4 Å². The lowest BCUT2D eigenvalue weighted by atomic mass is 10.2. The molecule has 0 spiro atoms. The van der Waals surface area contributed by atoms with E-state index in [0.717, 1.165) is 5.56 Å². The summed E-state index contributed by atoms with van der Waals surface area (Å²) in [7, 11) is 0. The molecule has 2 aromatic rings. The highest BCUT2D eigenvalue weighted by molar-refractivity contribution is 5.52. The van der Waals surface area contributed by atoms with Crippen LogP contribution in [0.2, 0.25) is 0 Å². The molecule has 0 aromatic carbocycles. The summed E-state index contributed by atoms with van der Waals surface area (Å²) in [5.74, 6) is 1.07. The molecule has 88 valence electrons. The van der Waals surface area contributed by atoms with Crippen LogP contribution < -0.4 is 5.32 Å². The summed E-state index contributed by atoms with van der Waals surface area (Å²) in [6.45, 7) is 0.567. The summed E-state index contributed by atoms with van der Waals surface area (Å²) in [5, 5.41) is 16.5. The van der Waals surface area contributed by atoms with Crippen LogP contribution in [-0.2, 0) is 0 Å². The van der Waals surface area contributed by atoms with E-state index in [9.17, 15) is 5.11 Å². The number of nitrogens with zero attached hydrogens (tertiary/aromatic N) is 3. The van der Waals surface area contributed by atoms with Gasteiger partial charge in [-0.2, -0.15) is 4.98 Å². The van der Waals surface area contributed by atoms with Gasteiger partial charge < -0.3 is 14.9 Å². The van der Waals surface area contributed by atoms with Crippen LogP contribution in [-0.4, -0.2) is 32.9 Å². The Hall–Kier alpha value is -1.79. The minimum atomic E-state index is -0.337. The molecule has 0 radical (unpaired) electrons. The van der Waals surface area contributed by atoms with Gasteiger partial charge in [0, 0.05) is 24.5 Å². The molecule has 0 saturated carbocycles. The number of nitrogens with one attached hydrogen (secondary N) is 1. The van der Waals surface area contributed by atoms with E-state index < -0.39 is 0 Å². The van der Waals surface area contributed by atoms with Crippen LogP contribution in [0.1, 0.15) is 18.4 Å². The van der Waals surface area contributed by atoms with Gasteiger partial charge in [-0.05, 0) is 18.6 Å². The third kappa shape index (κ3) is 2.04. The minimum absolute atomic E-state index is 0.0481. The predicted molar refractivity (Wildman–Crippen MR) is 58.9 cm³/mol. The third-order valence-corrected chi connectivity index (χ3v) is 2.79. The molecule has 3 heterocycles. The second kappa shape index (κ2) is 4.23. The lowest BCUT2D eigenvalue weighted by Crippen LogP contribution is -2.15. The first-order chi connectivity index (χ1) is 8.33. The Bertz CT molecular complexity index is 499. The Balaban J connectivity index is 1.84. The average Bonchev–Trinajstić information content (AvgIpc) is 2.98. The molecular formula is C11H12N4O2. The molecule has 1 aliphatic heterocycles. The SMILES string of the molecule is OC1CN[C@H](c2nc(-c3ccncc3)no2)C1. The number of β-amino-alcohol motifs (C(OH)–C–C–N with tert-alkyl or cyclic N) is 1. The van der Waals surface area contributed by atoms with Gasteiger partial charge in [-0.25, -0.2) is 0 Å². The van der Waals surface area contributed by atoms with Crippen LogP contribution in [0.25, 0.3) is 11.4 Å². The van der Waals surface area contributed by atoms with Gasteiger partial charge in [0.05, 0.1) is 12.1 Å². The minimum Gasteiger partial charge on any atom is -0.392 e. The van der Waals surface area contributed by atoms with Gasteiger partial charge in [0.2, 0.25) is 11.7 Å². The molecule has 6 heteroatoms. The van der Waals surface area contributed by atoms with Crippen molar-refractivity contribution in [1.29, 1.82) is 0 Å². The molecule has 3 rings (SSSR count). The van der Waals surface area contributed by atoms with Crippen LogP contribution in [0.5, 0.6) is 0 Å². The van der Waals surface area contributed by atoms with Crippen LogP contribution in [0, 0.1) is 0 Å². The first-order valence-electron chi connectivity index (χ1n) is 5.48. The zero-order chi connectivity index (χ0) is 11.7. The average molecular weight is 232 g/mol. The van der Waals surface area contributed by atoms with Gasteiger partial charge in [0.15, 0.2) is 0 Å². The fourth-order valence-corrected chi connectivity index (χ4v) is 1.90. The topological polar surface area (TPSA) is 84.1 Å². The van der Waals surface area contributed by atoms with Crippen molar-refractivity contribution in [3.63, 3.8) is 0 Å². The quantitative estimate of drug-likeness (QED) is 0.785. The van der Waals surface area contributed by atoms with Gasteiger partial charge in [0.1, 0.15) is 0 Å². The second-order valence-corrected chi connectivity index (χ2v) is 4.04. The molecule has 0 bridgehead atoms. The number of hydrogen-bond donors (Lipinski definition) is 2. The van der Waals surface area contributed by atoms with Gasteiger partial charge in [-0.15, -0.1) is 0 Å². The van der Waals surface area contributed by atoms with E-state index in [2.05, 4.69) is 20.4 Å². The fourth-order valence-electron chi connectivity index (χ4n) is 1.90. The Morgan fingerprint density at radius 2 is 2.18 bits per heavy atom. The Kier molecular flexibility index (Phi) is 2.58. The maximum absolute atomic E-state index is 9.42. The second-order valence-electron chi connectivity index (χ2n) is 4.04. The smallest absolute Gasteiger partial charge is 0.244 e. The summed E-state index contributed by atoms with van der Waals surface area (Å²) in [5.41, 5.74) is 0.869. The highest BCUT2D eigenvalue weighted by atomic mass is 16.5. The van der Waals surface area contributed by atoms with E-state index in [1.165, 1.54) is 0 Å². The molecule has 2 aromatic heterocycles. The Labute approximate surface area is 97.7 Å². The van der Waals surface area contributed by atoms with Crippen molar-refractivity contribution in [2.24, 2.45) is 0 Å². The Morgan fingerprint density at radius 1 is 1.35 bits per heavy atom. The molecule has 17 heavy (non-hydrogen) atoms. The van der Waals surface area contributed by atoms with E-state index in [1.807, 2.05) is 12.1 Å². The number of rotatable bonds is 2. The monoisotopic (exact) mass is 232 g/mol. The summed E-state index contributed by atoms with van der Waals surface area (Å²) < 4.78 is 5.20. The van der Waals surface area contributed by atoms with Crippen molar-refractivity contribution < 1.29 is 9.63 Å². The number of aliphatic hydroxyl groups excluding tert-OH is 1. The fraction of sp³-hybridized carbons (Fsp3) is 0.364. The first kappa shape index (κ1) is 10.4. The number of aliphatic hydroxyl groups is 1. The standard InChI is InChI=1S/C11H12N4O2/c16-8-5-9(13-6-8)11-14-10(15-17-11)7-1-3-12-4-2-7/h1-4,8-9,13,16H,5-6H2/t8?,9-/m0/s1. The zero-order valence-electron chi connectivity index (χ0n) is 9.08. The third-order valence-electron chi connectivity index (χ3n) is 2.79. The molecule has 2 N–H and O–H groups in total. The lowest BCUT2D eigenvalue weighted by molar-refractivity contribution is 0.191. The maximum atomic E-state index is 9.42. The van der Waals surface area contributed by atoms with E-state index in [0.29, 0.717) is 24.7 Å². The van der Waals surface area contributed by atoms with E-state index in [4.69, 9.17) is 4.52 Å². The van der Waals surface area contributed by atoms with Crippen LogP contribution >= 0.6 is 0 Å². The number of pyridine rings is 1. The molecular weight excluding hydrogens is 220 g/mol. The van der Waals surface area contributed by atoms with Crippen LogP contribution in [0.4, 0.5) is 0 Å². The van der Waals surface area contributed by atoms with Crippen LogP contribution in [0.15, 0.2) is 29.0 Å². The molecule has 2 atom stereocenters. The number of hydrogen-bond acceptors (Lipinski definition) is 6.